The van der Waals surface area contributed by atoms with Gasteiger partial charge in [0.15, 0.2) is 0 Å². The van der Waals surface area contributed by atoms with Crippen LogP contribution < -0.4 is 0 Å². The molecule has 0 aliphatic heterocycles. The highest BCUT2D eigenvalue weighted by molar-refractivity contribution is 7.87. The molecular weight excluding hydrogens is 528 g/mol. The molecule has 0 aliphatic rings. The largest absolute Gasteiger partial charge is 0.296 e. The van der Waals surface area contributed by atoms with Crippen LogP contribution in [0, 0.1) is 0 Å². The average molecular weight is 551 g/mol. The van der Waals surface area contributed by atoms with E-state index in [9.17, 15) is 16.8 Å². The predicted octanol–water partition coefficient (Wildman–Crippen LogP) is 4.47. The third-order valence-electron chi connectivity index (χ3n) is 5.96. The first-order valence-electron chi connectivity index (χ1n) is 11.2. The zero-order valence-corrected chi connectivity index (χ0v) is 21.9. The van der Waals surface area contributed by atoms with Crippen LogP contribution in [-0.4, -0.2) is 51.4 Å². The second kappa shape index (κ2) is 9.99. The van der Waals surface area contributed by atoms with Gasteiger partial charge in [-0.2, -0.15) is 27.0 Å². The number of benzene rings is 3. The van der Waals surface area contributed by atoms with Crippen LogP contribution in [0.4, 0.5) is 0 Å². The minimum atomic E-state index is -3.75. The van der Waals surface area contributed by atoms with Crippen molar-refractivity contribution < 1.29 is 25.2 Å². The van der Waals surface area contributed by atoms with Crippen molar-refractivity contribution in [2.75, 3.05) is 14.2 Å². The van der Waals surface area contributed by atoms with E-state index in [2.05, 4.69) is 28.8 Å². The standard InChI is InChI=1S/C26H22N4O6S2/c1-35-37(31,32)21-10-6-17(7-11-21)23-15-25(29-27-23)19-4-3-5-20(14-19)26-16-24(28-30-26)18-8-12-22(13-9-18)38(33,34)36-2/h3-16H,1-2H3,(H,27,29)(H,28,30). The molecule has 194 valence electrons. The summed E-state index contributed by atoms with van der Waals surface area (Å²) >= 11 is 0. The molecule has 0 aliphatic carbocycles. The first kappa shape index (κ1) is 25.5. The molecular formula is C26H22N4O6S2. The van der Waals surface area contributed by atoms with E-state index in [0.717, 1.165) is 47.9 Å². The zero-order valence-electron chi connectivity index (χ0n) is 20.2. The van der Waals surface area contributed by atoms with Gasteiger partial charge in [0.2, 0.25) is 0 Å². The van der Waals surface area contributed by atoms with Crippen molar-refractivity contribution in [2.24, 2.45) is 0 Å². The van der Waals surface area contributed by atoms with E-state index >= 15 is 0 Å². The zero-order chi connectivity index (χ0) is 26.9. The van der Waals surface area contributed by atoms with Crippen molar-refractivity contribution in [3.63, 3.8) is 0 Å². The van der Waals surface area contributed by atoms with Crippen LogP contribution in [0.2, 0.25) is 0 Å². The third-order valence-corrected chi connectivity index (χ3v) is 8.53. The lowest BCUT2D eigenvalue weighted by Gasteiger charge is -2.02. The topological polar surface area (TPSA) is 144 Å². The molecule has 10 nitrogen and oxygen atoms in total. The van der Waals surface area contributed by atoms with Gasteiger partial charge in [-0.1, -0.05) is 42.5 Å². The van der Waals surface area contributed by atoms with Gasteiger partial charge in [-0.05, 0) is 53.6 Å². The van der Waals surface area contributed by atoms with Gasteiger partial charge in [0.25, 0.3) is 20.2 Å². The summed E-state index contributed by atoms with van der Waals surface area (Å²) in [6.07, 6.45) is 0. The summed E-state index contributed by atoms with van der Waals surface area (Å²) in [5.74, 6) is 0. The number of hydrogen-bond acceptors (Lipinski definition) is 8. The summed E-state index contributed by atoms with van der Waals surface area (Å²) in [6.45, 7) is 0. The van der Waals surface area contributed by atoms with Crippen LogP contribution in [0.1, 0.15) is 0 Å². The van der Waals surface area contributed by atoms with Crippen molar-refractivity contribution in [3.05, 3.63) is 84.9 Å². The molecule has 0 saturated heterocycles. The minimum Gasteiger partial charge on any atom is -0.277 e. The van der Waals surface area contributed by atoms with Crippen LogP contribution >= 0.6 is 0 Å². The lowest BCUT2D eigenvalue weighted by Crippen LogP contribution is -2.02. The van der Waals surface area contributed by atoms with Gasteiger partial charge in [-0.15, -0.1) is 0 Å². The molecule has 2 aromatic heterocycles. The van der Waals surface area contributed by atoms with E-state index in [0.29, 0.717) is 11.4 Å². The van der Waals surface area contributed by atoms with Crippen LogP contribution in [0.25, 0.3) is 45.0 Å². The van der Waals surface area contributed by atoms with Crippen LogP contribution in [-0.2, 0) is 28.6 Å². The van der Waals surface area contributed by atoms with Crippen molar-refractivity contribution in [3.8, 4) is 45.0 Å². The van der Waals surface area contributed by atoms with Gasteiger partial charge in [-0.25, -0.2) is 0 Å². The van der Waals surface area contributed by atoms with Crippen LogP contribution in [0.3, 0.4) is 0 Å². The highest BCUT2D eigenvalue weighted by Crippen LogP contribution is 2.30. The summed E-state index contributed by atoms with van der Waals surface area (Å²) in [4.78, 5) is 0.149. The fourth-order valence-corrected chi connectivity index (χ4v) is 5.19. The van der Waals surface area contributed by atoms with Gasteiger partial charge in [0, 0.05) is 11.1 Å². The van der Waals surface area contributed by atoms with Crippen molar-refractivity contribution in [2.45, 2.75) is 9.79 Å². The molecule has 0 saturated carbocycles. The lowest BCUT2D eigenvalue weighted by molar-refractivity contribution is 0.396. The monoisotopic (exact) mass is 550 g/mol. The highest BCUT2D eigenvalue weighted by atomic mass is 32.2. The quantitative estimate of drug-likeness (QED) is 0.269. The summed E-state index contributed by atoms with van der Waals surface area (Å²) < 4.78 is 56.5. The Morgan fingerprint density at radius 2 is 0.947 bits per heavy atom. The number of aromatic nitrogens is 4. The van der Waals surface area contributed by atoms with Crippen LogP contribution in [0.5, 0.6) is 0 Å². The fourth-order valence-electron chi connectivity index (χ4n) is 3.87. The molecule has 3 aromatic carbocycles. The number of nitrogens with one attached hydrogen (secondary N) is 2. The molecule has 0 amide bonds. The van der Waals surface area contributed by atoms with Gasteiger partial charge in [0.1, 0.15) is 0 Å². The Hall–Kier alpha value is -4.10. The maximum atomic E-state index is 11.9. The molecule has 0 spiro atoms. The minimum absolute atomic E-state index is 0.0746. The summed E-state index contributed by atoms with van der Waals surface area (Å²) in [7, 11) is -5.26. The van der Waals surface area contributed by atoms with E-state index < -0.39 is 20.2 Å². The molecule has 0 bridgehead atoms. The smallest absolute Gasteiger partial charge is 0.277 e. The maximum absolute atomic E-state index is 11.9. The second-order valence-corrected chi connectivity index (χ2v) is 11.6. The third kappa shape index (κ3) is 5.02. The van der Waals surface area contributed by atoms with Crippen molar-refractivity contribution in [1.82, 2.24) is 20.4 Å². The molecule has 5 rings (SSSR count). The van der Waals surface area contributed by atoms with E-state index in [4.69, 9.17) is 0 Å². The van der Waals surface area contributed by atoms with Crippen LogP contribution in [0.15, 0.2) is 94.7 Å². The number of hydrogen-bond donors (Lipinski definition) is 2. The lowest BCUT2D eigenvalue weighted by atomic mass is 10.0. The van der Waals surface area contributed by atoms with Gasteiger partial charge < -0.3 is 0 Å². The molecule has 2 N–H and O–H groups in total. The Morgan fingerprint density at radius 3 is 1.32 bits per heavy atom. The maximum Gasteiger partial charge on any atom is 0.296 e. The summed E-state index contributed by atoms with van der Waals surface area (Å²) in [6, 6.07) is 24.1. The predicted molar refractivity (Wildman–Crippen MR) is 141 cm³/mol. The van der Waals surface area contributed by atoms with E-state index in [1.54, 1.807) is 24.3 Å². The number of nitrogens with zero attached hydrogens (tertiary/aromatic N) is 2. The van der Waals surface area contributed by atoms with E-state index in [-0.39, 0.29) is 9.79 Å². The van der Waals surface area contributed by atoms with Crippen molar-refractivity contribution >= 4 is 20.2 Å². The summed E-state index contributed by atoms with van der Waals surface area (Å²) in [5, 5.41) is 14.8. The SMILES string of the molecule is COS(=O)(=O)c1ccc(-c2cc(-c3cccc(-c4cc(-c5ccc(S(=O)(=O)OC)cc5)[nH]n4)c3)n[nH]2)cc1. The fraction of sp³-hybridized carbons (Fsp3) is 0.0769. The van der Waals surface area contributed by atoms with Gasteiger partial charge in [-0.3, -0.25) is 18.6 Å². The van der Waals surface area contributed by atoms with Gasteiger partial charge in [0.05, 0.1) is 46.8 Å². The molecule has 2 heterocycles. The Bertz CT molecular complexity index is 1680. The average Bonchev–Trinajstić information content (AvgIpc) is 3.64. The van der Waals surface area contributed by atoms with Crippen molar-refractivity contribution in [1.29, 1.82) is 0 Å². The summed E-state index contributed by atoms with van der Waals surface area (Å²) in [5.41, 5.74) is 6.15. The molecule has 12 heteroatoms. The number of H-pyrrole nitrogens is 2. The normalized spacial score (nSPS) is 12.1. The molecule has 38 heavy (non-hydrogen) atoms. The molecule has 0 radical (unpaired) electrons. The van der Waals surface area contributed by atoms with E-state index in [1.807, 2.05) is 36.4 Å². The highest BCUT2D eigenvalue weighted by Gasteiger charge is 2.15. The Balaban J connectivity index is 1.38. The first-order chi connectivity index (χ1) is 18.2. The number of rotatable bonds is 8. The Kier molecular flexibility index (Phi) is 6.71. The molecule has 0 fully saturated rings. The first-order valence-corrected chi connectivity index (χ1v) is 14.1. The second-order valence-electron chi connectivity index (χ2n) is 8.20. The molecule has 5 aromatic rings. The van der Waals surface area contributed by atoms with Gasteiger partial charge >= 0.3 is 0 Å². The Morgan fingerprint density at radius 1 is 0.553 bits per heavy atom. The Labute approximate surface area is 219 Å². The molecule has 0 unspecified atom stereocenters. The number of aromatic amines is 2. The van der Waals surface area contributed by atoms with E-state index in [1.165, 1.54) is 24.3 Å². The molecule has 0 atom stereocenters.